The predicted molar refractivity (Wildman–Crippen MR) is 149 cm³/mol. The van der Waals surface area contributed by atoms with E-state index in [4.69, 9.17) is 32.7 Å². The first-order chi connectivity index (χ1) is 17.8. The summed E-state index contributed by atoms with van der Waals surface area (Å²) >= 11 is 12.9. The Balaban J connectivity index is 1.77. The van der Waals surface area contributed by atoms with Crippen LogP contribution in [0.3, 0.4) is 0 Å². The lowest BCUT2D eigenvalue weighted by Gasteiger charge is -2.31. The highest BCUT2D eigenvalue weighted by Crippen LogP contribution is 2.30. The van der Waals surface area contributed by atoms with E-state index in [0.717, 1.165) is 31.2 Å². The Kier molecular flexibility index (Phi) is 11.4. The number of aryl methyl sites for hydroxylation is 1. The molecule has 3 rings (SSSR count). The molecule has 1 N–H and O–H groups in total. The van der Waals surface area contributed by atoms with Crippen molar-refractivity contribution >= 4 is 35.0 Å². The zero-order valence-electron chi connectivity index (χ0n) is 22.0. The van der Waals surface area contributed by atoms with Crippen molar-refractivity contribution in [3.63, 3.8) is 0 Å². The van der Waals surface area contributed by atoms with E-state index in [2.05, 4.69) is 5.32 Å². The minimum Gasteiger partial charge on any atom is -0.490 e. The number of hydrogen-bond donors (Lipinski definition) is 1. The van der Waals surface area contributed by atoms with Gasteiger partial charge in [0.1, 0.15) is 6.04 Å². The molecule has 0 bridgehead atoms. The van der Waals surface area contributed by atoms with Gasteiger partial charge in [-0.2, -0.15) is 0 Å². The van der Waals surface area contributed by atoms with Gasteiger partial charge in [-0.3, -0.25) is 9.59 Å². The number of nitrogens with one attached hydrogen (secondary N) is 1. The smallest absolute Gasteiger partial charge is 0.242 e. The standard InChI is InChI=1S/C29H38Cl2N2O4/c1-4-36-26-16-14-21(18-27(26)37-5-2)15-17-28(34)33(19-23-24(30)12-9-13-25(23)31)20(3)29(35)32-22-10-7-6-8-11-22/h9,12-14,16,18,20,22H,4-8,10-11,15,17,19H2,1-3H3,(H,32,35)/t20-/m1/s1. The molecule has 0 radical (unpaired) electrons. The Morgan fingerprint density at radius 2 is 1.65 bits per heavy atom. The van der Waals surface area contributed by atoms with E-state index in [1.807, 2.05) is 32.0 Å². The van der Waals surface area contributed by atoms with E-state index in [0.29, 0.717) is 46.7 Å². The molecule has 1 aliphatic carbocycles. The van der Waals surface area contributed by atoms with Crippen LogP contribution in [0.25, 0.3) is 0 Å². The monoisotopic (exact) mass is 548 g/mol. The normalized spacial score (nSPS) is 14.6. The fraction of sp³-hybridized carbons (Fsp3) is 0.517. The molecule has 0 saturated heterocycles. The Morgan fingerprint density at radius 3 is 2.30 bits per heavy atom. The van der Waals surface area contributed by atoms with Gasteiger partial charge in [-0.15, -0.1) is 0 Å². The summed E-state index contributed by atoms with van der Waals surface area (Å²) < 4.78 is 11.4. The molecule has 1 aliphatic rings. The molecule has 8 heteroatoms. The summed E-state index contributed by atoms with van der Waals surface area (Å²) in [5.41, 5.74) is 1.59. The summed E-state index contributed by atoms with van der Waals surface area (Å²) in [6, 6.07) is 10.5. The van der Waals surface area contributed by atoms with Crippen molar-refractivity contribution < 1.29 is 19.1 Å². The van der Waals surface area contributed by atoms with Crippen molar-refractivity contribution in [2.24, 2.45) is 0 Å². The molecule has 0 aliphatic heterocycles. The molecule has 1 saturated carbocycles. The number of halogens is 2. The fourth-order valence-corrected chi connectivity index (χ4v) is 5.17. The van der Waals surface area contributed by atoms with Crippen molar-refractivity contribution in [3.8, 4) is 11.5 Å². The fourth-order valence-electron chi connectivity index (χ4n) is 4.65. The summed E-state index contributed by atoms with van der Waals surface area (Å²) in [4.78, 5) is 28.4. The lowest BCUT2D eigenvalue weighted by atomic mass is 9.95. The van der Waals surface area contributed by atoms with Crippen LogP contribution in [0, 0.1) is 0 Å². The van der Waals surface area contributed by atoms with Crippen LogP contribution in [0.15, 0.2) is 36.4 Å². The van der Waals surface area contributed by atoms with Crippen molar-refractivity contribution in [2.75, 3.05) is 13.2 Å². The molecule has 37 heavy (non-hydrogen) atoms. The van der Waals surface area contributed by atoms with Gasteiger partial charge in [0.2, 0.25) is 11.8 Å². The summed E-state index contributed by atoms with van der Waals surface area (Å²) in [6.45, 7) is 6.83. The lowest BCUT2D eigenvalue weighted by Crippen LogP contribution is -2.50. The van der Waals surface area contributed by atoms with Crippen LogP contribution in [-0.4, -0.2) is 42.0 Å². The maximum absolute atomic E-state index is 13.6. The lowest BCUT2D eigenvalue weighted by molar-refractivity contribution is -0.141. The predicted octanol–water partition coefficient (Wildman–Crippen LogP) is 6.59. The molecule has 1 fully saturated rings. The van der Waals surface area contributed by atoms with Crippen molar-refractivity contribution in [2.45, 2.75) is 84.3 Å². The highest BCUT2D eigenvalue weighted by atomic mass is 35.5. The molecule has 1 atom stereocenters. The van der Waals surface area contributed by atoms with E-state index in [-0.39, 0.29) is 30.8 Å². The molecular weight excluding hydrogens is 511 g/mol. The number of benzene rings is 2. The number of carbonyl (C=O) groups is 2. The second kappa shape index (κ2) is 14.5. The van der Waals surface area contributed by atoms with E-state index in [1.165, 1.54) is 6.42 Å². The van der Waals surface area contributed by atoms with Gasteiger partial charge in [0.25, 0.3) is 0 Å². The second-order valence-electron chi connectivity index (χ2n) is 9.39. The van der Waals surface area contributed by atoms with Crippen LogP contribution < -0.4 is 14.8 Å². The van der Waals surface area contributed by atoms with Crippen LogP contribution >= 0.6 is 23.2 Å². The summed E-state index contributed by atoms with van der Waals surface area (Å²) in [5, 5.41) is 4.09. The molecular formula is C29H38Cl2N2O4. The SMILES string of the molecule is CCOc1ccc(CCC(=O)N(Cc2c(Cl)cccc2Cl)[C@H](C)C(=O)NC2CCCCC2)cc1OCC. The second-order valence-corrected chi connectivity index (χ2v) is 10.2. The molecule has 2 amide bonds. The largest absolute Gasteiger partial charge is 0.490 e. The van der Waals surface area contributed by atoms with Crippen molar-refractivity contribution in [1.29, 1.82) is 0 Å². The van der Waals surface area contributed by atoms with Gasteiger partial charge in [-0.25, -0.2) is 0 Å². The van der Waals surface area contributed by atoms with Crippen LogP contribution in [0.2, 0.25) is 10.0 Å². The first kappa shape index (κ1) is 29.1. The molecule has 2 aromatic rings. The zero-order valence-corrected chi connectivity index (χ0v) is 23.5. The van der Waals surface area contributed by atoms with Crippen LogP contribution in [0.4, 0.5) is 0 Å². The Morgan fingerprint density at radius 1 is 1.00 bits per heavy atom. The van der Waals surface area contributed by atoms with Gasteiger partial charge in [-0.1, -0.05) is 54.6 Å². The van der Waals surface area contributed by atoms with Crippen molar-refractivity contribution in [3.05, 3.63) is 57.6 Å². The number of ether oxygens (including phenoxy) is 2. The van der Waals surface area contributed by atoms with Gasteiger partial charge in [-0.05, 0) is 69.9 Å². The van der Waals surface area contributed by atoms with Crippen LogP contribution in [0.5, 0.6) is 11.5 Å². The minimum atomic E-state index is -0.666. The molecule has 202 valence electrons. The molecule has 6 nitrogen and oxygen atoms in total. The third kappa shape index (κ3) is 8.27. The molecule has 2 aromatic carbocycles. The van der Waals surface area contributed by atoms with Crippen LogP contribution in [-0.2, 0) is 22.6 Å². The minimum absolute atomic E-state index is 0.144. The van der Waals surface area contributed by atoms with Gasteiger partial charge in [0.15, 0.2) is 11.5 Å². The van der Waals surface area contributed by atoms with Gasteiger partial charge >= 0.3 is 0 Å². The highest BCUT2D eigenvalue weighted by molar-refractivity contribution is 6.36. The average molecular weight is 550 g/mol. The Hall–Kier alpha value is -2.44. The van der Waals surface area contributed by atoms with Gasteiger partial charge in [0, 0.05) is 34.6 Å². The third-order valence-electron chi connectivity index (χ3n) is 6.74. The molecule has 0 aromatic heterocycles. The molecule has 0 heterocycles. The Bertz CT molecular complexity index is 1040. The summed E-state index contributed by atoms with van der Waals surface area (Å²) in [5.74, 6) is 1.05. The van der Waals surface area contributed by atoms with Gasteiger partial charge in [0.05, 0.1) is 13.2 Å². The molecule has 0 unspecified atom stereocenters. The maximum atomic E-state index is 13.6. The highest BCUT2D eigenvalue weighted by Gasteiger charge is 2.29. The summed E-state index contributed by atoms with van der Waals surface area (Å²) in [6.07, 6.45) is 6.10. The molecule has 0 spiro atoms. The first-order valence-electron chi connectivity index (χ1n) is 13.2. The zero-order chi connectivity index (χ0) is 26.8. The number of nitrogens with zero attached hydrogens (tertiary/aromatic N) is 1. The van der Waals surface area contributed by atoms with E-state index in [1.54, 1.807) is 30.0 Å². The Labute approximate surface area is 230 Å². The number of amides is 2. The number of hydrogen-bond acceptors (Lipinski definition) is 4. The topological polar surface area (TPSA) is 67.9 Å². The van der Waals surface area contributed by atoms with E-state index in [9.17, 15) is 9.59 Å². The van der Waals surface area contributed by atoms with Gasteiger partial charge < -0.3 is 19.7 Å². The van der Waals surface area contributed by atoms with Crippen molar-refractivity contribution in [1.82, 2.24) is 10.2 Å². The first-order valence-corrected chi connectivity index (χ1v) is 14.0. The number of carbonyl (C=O) groups excluding carboxylic acids is 2. The van der Waals surface area contributed by atoms with E-state index < -0.39 is 6.04 Å². The third-order valence-corrected chi connectivity index (χ3v) is 7.45. The summed E-state index contributed by atoms with van der Waals surface area (Å²) in [7, 11) is 0. The average Bonchev–Trinajstić information content (AvgIpc) is 2.89. The maximum Gasteiger partial charge on any atom is 0.242 e. The van der Waals surface area contributed by atoms with E-state index >= 15 is 0 Å². The van der Waals surface area contributed by atoms with Crippen LogP contribution in [0.1, 0.15) is 70.4 Å². The quantitative estimate of drug-likeness (QED) is 0.324. The number of rotatable bonds is 12.